The van der Waals surface area contributed by atoms with Crippen molar-refractivity contribution in [2.75, 3.05) is 5.73 Å². The van der Waals surface area contributed by atoms with Crippen LogP contribution in [-0.4, -0.2) is 21.3 Å². The number of carboxylic acids is 1. The Balaban J connectivity index is 2.13. The number of nitrogens with zero attached hydrogens (tertiary/aromatic N) is 1. The summed E-state index contributed by atoms with van der Waals surface area (Å²) in [6, 6.07) is 6.01. The van der Waals surface area contributed by atoms with E-state index in [1.165, 1.54) is 11.1 Å². The van der Waals surface area contributed by atoms with Crippen molar-refractivity contribution < 1.29 is 9.90 Å². The third kappa shape index (κ3) is 1.55. The molecule has 1 aliphatic rings. The van der Waals surface area contributed by atoms with Crippen LogP contribution in [0.1, 0.15) is 27.9 Å². The number of nitrogens with two attached hydrogens (primary N) is 1. The number of nitrogen functional groups attached to an aromatic ring is 1. The fraction of sp³-hybridized carbons (Fsp3) is 0.231. The minimum atomic E-state index is -1.06. The molecule has 0 aliphatic heterocycles. The number of hydrogen-bond acceptors (Lipinski definition) is 3. The van der Waals surface area contributed by atoms with Gasteiger partial charge in [0.05, 0.1) is 5.69 Å². The van der Waals surface area contributed by atoms with Gasteiger partial charge in [-0.25, -0.2) is 4.79 Å². The summed E-state index contributed by atoms with van der Waals surface area (Å²) in [7, 11) is 0. The van der Waals surface area contributed by atoms with Crippen molar-refractivity contribution in [3.8, 4) is 11.3 Å². The number of H-pyrrole nitrogens is 1. The van der Waals surface area contributed by atoms with Crippen LogP contribution in [0, 0.1) is 0 Å². The highest BCUT2D eigenvalue weighted by atomic mass is 16.4. The van der Waals surface area contributed by atoms with Gasteiger partial charge in [0, 0.05) is 5.56 Å². The van der Waals surface area contributed by atoms with Crippen LogP contribution in [0.3, 0.4) is 0 Å². The van der Waals surface area contributed by atoms with Gasteiger partial charge < -0.3 is 10.8 Å². The highest BCUT2D eigenvalue weighted by molar-refractivity contribution is 5.99. The molecular weight excluding hydrogens is 230 g/mol. The summed E-state index contributed by atoms with van der Waals surface area (Å²) in [6.07, 6.45) is 3.32. The Labute approximate surface area is 104 Å². The van der Waals surface area contributed by atoms with E-state index in [1.54, 1.807) is 0 Å². The maximum Gasteiger partial charge on any atom is 0.341 e. The first kappa shape index (κ1) is 10.8. The second kappa shape index (κ2) is 3.87. The molecule has 0 saturated heterocycles. The lowest BCUT2D eigenvalue weighted by Gasteiger charge is -2.04. The van der Waals surface area contributed by atoms with Crippen LogP contribution < -0.4 is 5.73 Å². The number of hydrogen-bond donors (Lipinski definition) is 3. The third-order valence-corrected chi connectivity index (χ3v) is 3.40. The number of aromatic nitrogens is 2. The smallest absolute Gasteiger partial charge is 0.341 e. The van der Waals surface area contributed by atoms with E-state index in [0.29, 0.717) is 5.69 Å². The molecule has 0 bridgehead atoms. The van der Waals surface area contributed by atoms with Crippen LogP contribution in [-0.2, 0) is 12.8 Å². The Bertz CT molecular complexity index is 631. The van der Waals surface area contributed by atoms with Gasteiger partial charge in [0.25, 0.3) is 0 Å². The summed E-state index contributed by atoms with van der Waals surface area (Å²) in [5.41, 5.74) is 9.57. The molecule has 4 N–H and O–H groups in total. The van der Waals surface area contributed by atoms with Gasteiger partial charge in [0.15, 0.2) is 5.82 Å². The Morgan fingerprint density at radius 1 is 1.33 bits per heavy atom. The molecule has 3 rings (SSSR count). The molecule has 1 aliphatic carbocycles. The van der Waals surface area contributed by atoms with Gasteiger partial charge in [-0.1, -0.05) is 12.1 Å². The number of fused-ring (bicyclic) bond motifs is 1. The highest BCUT2D eigenvalue weighted by Crippen LogP contribution is 2.30. The Morgan fingerprint density at radius 3 is 2.89 bits per heavy atom. The number of aryl methyl sites for hydroxylation is 2. The van der Waals surface area contributed by atoms with Gasteiger partial charge in [-0.15, -0.1) is 0 Å². The van der Waals surface area contributed by atoms with E-state index < -0.39 is 5.97 Å². The molecule has 1 aromatic heterocycles. The first-order chi connectivity index (χ1) is 8.66. The van der Waals surface area contributed by atoms with Gasteiger partial charge in [-0.05, 0) is 36.5 Å². The molecule has 0 amide bonds. The van der Waals surface area contributed by atoms with Crippen LogP contribution >= 0.6 is 0 Å². The molecule has 0 atom stereocenters. The van der Waals surface area contributed by atoms with Gasteiger partial charge in [-0.2, -0.15) is 5.10 Å². The molecule has 0 unspecified atom stereocenters. The molecule has 2 aromatic rings. The maximum atomic E-state index is 11.2. The van der Waals surface area contributed by atoms with Gasteiger partial charge in [0.2, 0.25) is 0 Å². The average molecular weight is 243 g/mol. The predicted octanol–water partition coefficient (Wildman–Crippen LogP) is 1.85. The van der Waals surface area contributed by atoms with E-state index in [0.717, 1.165) is 24.8 Å². The highest BCUT2D eigenvalue weighted by Gasteiger charge is 2.20. The van der Waals surface area contributed by atoms with Crippen molar-refractivity contribution in [1.29, 1.82) is 0 Å². The fourth-order valence-corrected chi connectivity index (χ4v) is 2.51. The lowest BCUT2D eigenvalue weighted by Crippen LogP contribution is -2.01. The summed E-state index contributed by atoms with van der Waals surface area (Å²) in [5.74, 6) is -1.03. The molecule has 1 aromatic carbocycles. The van der Waals surface area contributed by atoms with Crippen molar-refractivity contribution >= 4 is 11.8 Å². The zero-order valence-electron chi connectivity index (χ0n) is 9.73. The lowest BCUT2D eigenvalue weighted by atomic mass is 10.0. The summed E-state index contributed by atoms with van der Waals surface area (Å²) in [5, 5.41) is 15.6. The maximum absolute atomic E-state index is 11.2. The van der Waals surface area contributed by atoms with E-state index in [-0.39, 0.29) is 11.4 Å². The molecule has 5 heteroatoms. The second-order valence-electron chi connectivity index (χ2n) is 4.50. The minimum Gasteiger partial charge on any atom is -0.477 e. The van der Waals surface area contributed by atoms with Crippen molar-refractivity contribution in [2.24, 2.45) is 0 Å². The van der Waals surface area contributed by atoms with Crippen molar-refractivity contribution in [2.45, 2.75) is 19.3 Å². The molecule has 18 heavy (non-hydrogen) atoms. The quantitative estimate of drug-likeness (QED) is 0.750. The summed E-state index contributed by atoms with van der Waals surface area (Å²) in [6.45, 7) is 0. The second-order valence-corrected chi connectivity index (χ2v) is 4.50. The molecular formula is C13H13N3O2. The van der Waals surface area contributed by atoms with E-state index in [1.807, 2.05) is 12.1 Å². The molecule has 92 valence electrons. The van der Waals surface area contributed by atoms with Crippen LogP contribution in [0.5, 0.6) is 0 Å². The normalized spacial score (nSPS) is 13.6. The number of anilines is 1. The van der Waals surface area contributed by atoms with Gasteiger partial charge in [-0.3, -0.25) is 5.10 Å². The van der Waals surface area contributed by atoms with Crippen LogP contribution in [0.4, 0.5) is 5.82 Å². The van der Waals surface area contributed by atoms with Crippen molar-refractivity contribution in [3.05, 3.63) is 34.9 Å². The summed E-state index contributed by atoms with van der Waals surface area (Å²) in [4.78, 5) is 11.2. The average Bonchev–Trinajstić information content (AvgIpc) is 2.93. The molecule has 0 spiro atoms. The van der Waals surface area contributed by atoms with Crippen LogP contribution in [0.2, 0.25) is 0 Å². The summed E-state index contributed by atoms with van der Waals surface area (Å²) >= 11 is 0. The van der Waals surface area contributed by atoms with E-state index in [2.05, 4.69) is 16.3 Å². The zero-order chi connectivity index (χ0) is 12.7. The SMILES string of the molecule is Nc1n[nH]c(-c2ccc3c(c2)CCC3)c1C(=O)O. The van der Waals surface area contributed by atoms with E-state index in [9.17, 15) is 4.79 Å². The first-order valence-electron chi connectivity index (χ1n) is 5.86. The number of rotatable bonds is 2. The molecule has 0 fully saturated rings. The lowest BCUT2D eigenvalue weighted by molar-refractivity contribution is 0.0699. The van der Waals surface area contributed by atoms with Gasteiger partial charge >= 0.3 is 5.97 Å². The first-order valence-corrected chi connectivity index (χ1v) is 5.86. The zero-order valence-corrected chi connectivity index (χ0v) is 9.73. The number of benzene rings is 1. The molecule has 0 saturated carbocycles. The van der Waals surface area contributed by atoms with E-state index in [4.69, 9.17) is 10.8 Å². The topological polar surface area (TPSA) is 92.0 Å². The molecule has 0 radical (unpaired) electrons. The number of carboxylic acid groups (broad SMARTS) is 1. The monoisotopic (exact) mass is 243 g/mol. The minimum absolute atomic E-state index is 0.0259. The number of nitrogens with one attached hydrogen (secondary N) is 1. The van der Waals surface area contributed by atoms with Crippen molar-refractivity contribution in [1.82, 2.24) is 10.2 Å². The van der Waals surface area contributed by atoms with Crippen LogP contribution in [0.25, 0.3) is 11.3 Å². The number of aromatic amines is 1. The largest absolute Gasteiger partial charge is 0.477 e. The summed E-state index contributed by atoms with van der Waals surface area (Å²) < 4.78 is 0. The number of carbonyl (C=O) groups is 1. The predicted molar refractivity (Wildman–Crippen MR) is 67.4 cm³/mol. The molecule has 1 heterocycles. The fourth-order valence-electron chi connectivity index (χ4n) is 2.51. The van der Waals surface area contributed by atoms with E-state index >= 15 is 0 Å². The standard InChI is InChI=1S/C13H13N3O2/c14-12-10(13(17)18)11(15-16-12)9-5-4-7-2-1-3-8(7)6-9/h4-6H,1-3H2,(H,17,18)(H3,14,15,16). The molecule has 5 nitrogen and oxygen atoms in total. The Kier molecular flexibility index (Phi) is 2.33. The third-order valence-electron chi connectivity index (χ3n) is 3.40. The number of aromatic carboxylic acids is 1. The van der Waals surface area contributed by atoms with Gasteiger partial charge in [0.1, 0.15) is 5.56 Å². The Hall–Kier alpha value is -2.30. The van der Waals surface area contributed by atoms with Crippen LogP contribution in [0.15, 0.2) is 18.2 Å². The van der Waals surface area contributed by atoms with Crippen molar-refractivity contribution in [3.63, 3.8) is 0 Å². The Morgan fingerprint density at radius 2 is 2.11 bits per heavy atom.